The van der Waals surface area contributed by atoms with Crippen molar-refractivity contribution in [3.63, 3.8) is 0 Å². The molecule has 0 aromatic heterocycles. The number of carbonyl (C=O) groups excluding carboxylic acids is 1. The Balaban J connectivity index is 1.35. The predicted molar refractivity (Wildman–Crippen MR) is 99.6 cm³/mol. The Labute approximate surface area is 153 Å². The van der Waals surface area contributed by atoms with Crippen molar-refractivity contribution >= 4 is 6.03 Å². The number of hydrogen-bond donors (Lipinski definition) is 2. The Bertz CT molecular complexity index is 759. The average molecular weight is 352 g/mol. The smallest absolute Gasteiger partial charge is 0.315 e. The minimum atomic E-state index is -0.118. The van der Waals surface area contributed by atoms with Crippen molar-refractivity contribution < 1.29 is 14.3 Å². The molecule has 2 amide bonds. The number of benzene rings is 2. The van der Waals surface area contributed by atoms with Crippen molar-refractivity contribution in [2.45, 2.75) is 25.3 Å². The Morgan fingerprint density at radius 1 is 1.04 bits per heavy atom. The first-order valence-corrected chi connectivity index (χ1v) is 9.27. The van der Waals surface area contributed by atoms with E-state index in [1.54, 1.807) is 0 Å². The van der Waals surface area contributed by atoms with Crippen LogP contribution in [0.15, 0.2) is 48.5 Å². The molecule has 1 fully saturated rings. The maximum atomic E-state index is 12.4. The highest BCUT2D eigenvalue weighted by Crippen LogP contribution is 2.43. The van der Waals surface area contributed by atoms with Crippen molar-refractivity contribution in [2.24, 2.45) is 5.92 Å². The van der Waals surface area contributed by atoms with Gasteiger partial charge in [-0.15, -0.1) is 0 Å². The summed E-state index contributed by atoms with van der Waals surface area (Å²) in [5.74, 6) is 2.05. The van der Waals surface area contributed by atoms with E-state index in [2.05, 4.69) is 22.8 Å². The lowest BCUT2D eigenvalue weighted by molar-refractivity contribution is 0.171. The van der Waals surface area contributed by atoms with Crippen LogP contribution in [0.5, 0.6) is 11.5 Å². The number of ether oxygens (including phenoxy) is 2. The molecule has 5 heteroatoms. The standard InChI is InChI=1S/C21H24N2O3/c24-21(22-11-10-15-4-2-1-3-5-15)23-20(16-6-7-16)17-8-9-18-19(14-17)26-13-12-25-18/h1-5,8-9,14,16,20H,6-7,10-13H2,(H2,22,23,24). The fourth-order valence-electron chi connectivity index (χ4n) is 3.31. The third-order valence-electron chi connectivity index (χ3n) is 4.85. The lowest BCUT2D eigenvalue weighted by Crippen LogP contribution is -2.39. The highest BCUT2D eigenvalue weighted by Gasteiger charge is 2.34. The topological polar surface area (TPSA) is 59.6 Å². The molecule has 2 N–H and O–H groups in total. The van der Waals surface area contributed by atoms with Crippen molar-refractivity contribution in [1.82, 2.24) is 10.6 Å². The molecule has 1 aliphatic heterocycles. The van der Waals surface area contributed by atoms with Crippen molar-refractivity contribution in [3.05, 3.63) is 59.7 Å². The van der Waals surface area contributed by atoms with Crippen LogP contribution in [0, 0.1) is 5.92 Å². The van der Waals surface area contributed by atoms with E-state index in [0.717, 1.165) is 36.3 Å². The largest absolute Gasteiger partial charge is 0.486 e. The average Bonchev–Trinajstić information content (AvgIpc) is 3.52. The van der Waals surface area contributed by atoms with Crippen LogP contribution in [0.2, 0.25) is 0 Å². The summed E-state index contributed by atoms with van der Waals surface area (Å²) >= 11 is 0. The van der Waals surface area contributed by atoms with Gasteiger partial charge in [-0.25, -0.2) is 4.79 Å². The van der Waals surface area contributed by atoms with E-state index in [0.29, 0.717) is 25.7 Å². The molecule has 0 radical (unpaired) electrons. The van der Waals surface area contributed by atoms with Gasteiger partial charge < -0.3 is 20.1 Å². The zero-order chi connectivity index (χ0) is 17.8. The summed E-state index contributed by atoms with van der Waals surface area (Å²) in [5.41, 5.74) is 2.30. The highest BCUT2D eigenvalue weighted by molar-refractivity contribution is 5.74. The molecule has 2 aromatic rings. The van der Waals surface area contributed by atoms with Gasteiger partial charge in [-0.05, 0) is 48.4 Å². The molecule has 2 aromatic carbocycles. The molecule has 0 saturated heterocycles. The molecule has 5 nitrogen and oxygen atoms in total. The van der Waals surface area contributed by atoms with Crippen molar-refractivity contribution in [3.8, 4) is 11.5 Å². The van der Waals surface area contributed by atoms with Gasteiger partial charge in [0.15, 0.2) is 11.5 Å². The van der Waals surface area contributed by atoms with Gasteiger partial charge in [-0.1, -0.05) is 36.4 Å². The summed E-state index contributed by atoms with van der Waals surface area (Å²) in [6.07, 6.45) is 3.11. The van der Waals surface area contributed by atoms with Gasteiger partial charge in [0, 0.05) is 6.54 Å². The monoisotopic (exact) mass is 352 g/mol. The second kappa shape index (κ2) is 7.68. The molecule has 4 rings (SSSR count). The summed E-state index contributed by atoms with van der Waals surface area (Å²) in [7, 11) is 0. The Kier molecular flexibility index (Phi) is 4.95. The van der Waals surface area contributed by atoms with Crippen LogP contribution < -0.4 is 20.1 Å². The summed E-state index contributed by atoms with van der Waals surface area (Å²) in [5, 5.41) is 6.11. The molecule has 1 unspecified atom stereocenters. The fraction of sp³-hybridized carbons (Fsp3) is 0.381. The number of rotatable bonds is 6. The van der Waals surface area contributed by atoms with Crippen molar-refractivity contribution in [2.75, 3.05) is 19.8 Å². The number of amides is 2. The van der Waals surface area contributed by atoms with Gasteiger partial charge in [0.05, 0.1) is 6.04 Å². The van der Waals surface area contributed by atoms with Gasteiger partial charge in [-0.2, -0.15) is 0 Å². The maximum Gasteiger partial charge on any atom is 0.315 e. The van der Waals surface area contributed by atoms with E-state index in [4.69, 9.17) is 9.47 Å². The Morgan fingerprint density at radius 3 is 2.58 bits per heavy atom. The normalized spacial score (nSPS) is 16.6. The number of fused-ring (bicyclic) bond motifs is 1. The second-order valence-corrected chi connectivity index (χ2v) is 6.85. The molecular formula is C21H24N2O3. The van der Waals surface area contributed by atoms with Gasteiger partial charge in [0.2, 0.25) is 0 Å². The quantitative estimate of drug-likeness (QED) is 0.837. The van der Waals surface area contributed by atoms with E-state index in [-0.39, 0.29) is 12.1 Å². The van der Waals surface area contributed by atoms with Crippen LogP contribution in [-0.4, -0.2) is 25.8 Å². The van der Waals surface area contributed by atoms with Crippen LogP contribution in [0.4, 0.5) is 4.79 Å². The molecule has 1 atom stereocenters. The van der Waals surface area contributed by atoms with Crippen LogP contribution in [0.25, 0.3) is 0 Å². The summed E-state index contributed by atoms with van der Waals surface area (Å²) in [6, 6.07) is 16.0. The van der Waals surface area contributed by atoms with E-state index in [1.165, 1.54) is 5.56 Å². The molecule has 0 spiro atoms. The lowest BCUT2D eigenvalue weighted by atomic mass is 10.0. The number of hydrogen-bond acceptors (Lipinski definition) is 3. The molecule has 136 valence electrons. The number of urea groups is 1. The summed E-state index contributed by atoms with van der Waals surface area (Å²) in [6.45, 7) is 1.77. The minimum Gasteiger partial charge on any atom is -0.486 e. The summed E-state index contributed by atoms with van der Waals surface area (Å²) < 4.78 is 11.3. The number of nitrogens with one attached hydrogen (secondary N) is 2. The van der Waals surface area contributed by atoms with Crippen LogP contribution >= 0.6 is 0 Å². The first kappa shape index (κ1) is 16.8. The minimum absolute atomic E-state index is 0.0163. The maximum absolute atomic E-state index is 12.4. The number of carbonyl (C=O) groups is 1. The van der Waals surface area contributed by atoms with Gasteiger partial charge in [-0.3, -0.25) is 0 Å². The Morgan fingerprint density at radius 2 is 1.81 bits per heavy atom. The molecular weight excluding hydrogens is 328 g/mol. The van der Waals surface area contributed by atoms with Crippen LogP contribution in [0.1, 0.15) is 30.0 Å². The SMILES string of the molecule is O=C(NCCc1ccccc1)NC(c1ccc2c(c1)OCCO2)C1CC1. The molecule has 0 bridgehead atoms. The Hall–Kier alpha value is -2.69. The highest BCUT2D eigenvalue weighted by atomic mass is 16.6. The van der Waals surface area contributed by atoms with Crippen molar-refractivity contribution in [1.29, 1.82) is 0 Å². The van der Waals surface area contributed by atoms with E-state index >= 15 is 0 Å². The molecule has 2 aliphatic rings. The molecule has 26 heavy (non-hydrogen) atoms. The first-order valence-electron chi connectivity index (χ1n) is 9.27. The van der Waals surface area contributed by atoms with Crippen LogP contribution in [0.3, 0.4) is 0 Å². The third-order valence-corrected chi connectivity index (χ3v) is 4.85. The zero-order valence-corrected chi connectivity index (χ0v) is 14.7. The fourth-order valence-corrected chi connectivity index (χ4v) is 3.31. The van der Waals surface area contributed by atoms with Crippen LogP contribution in [-0.2, 0) is 6.42 Å². The van der Waals surface area contributed by atoms with Gasteiger partial charge in [0.1, 0.15) is 13.2 Å². The molecule has 1 heterocycles. The second-order valence-electron chi connectivity index (χ2n) is 6.85. The van der Waals surface area contributed by atoms with Gasteiger partial charge >= 0.3 is 6.03 Å². The van der Waals surface area contributed by atoms with Gasteiger partial charge in [0.25, 0.3) is 0 Å². The summed E-state index contributed by atoms with van der Waals surface area (Å²) in [4.78, 5) is 12.4. The molecule has 1 saturated carbocycles. The van der Waals surface area contributed by atoms with E-state index in [9.17, 15) is 4.79 Å². The lowest BCUT2D eigenvalue weighted by Gasteiger charge is -2.23. The zero-order valence-electron chi connectivity index (χ0n) is 14.7. The molecule has 1 aliphatic carbocycles. The van der Waals surface area contributed by atoms with E-state index < -0.39 is 0 Å². The van der Waals surface area contributed by atoms with E-state index in [1.807, 2.05) is 36.4 Å². The predicted octanol–water partition coefficient (Wildman–Crippen LogP) is 3.45. The first-order chi connectivity index (χ1) is 12.8. The third kappa shape index (κ3) is 4.10.